The van der Waals surface area contributed by atoms with E-state index >= 15 is 0 Å². The Balaban J connectivity index is 1.75. The summed E-state index contributed by atoms with van der Waals surface area (Å²) in [5.74, 6) is -0.375. The molecule has 1 saturated heterocycles. The lowest BCUT2D eigenvalue weighted by Crippen LogP contribution is -2.41. The number of anilines is 1. The highest BCUT2D eigenvalue weighted by Gasteiger charge is 2.41. The average molecular weight is 316 g/mol. The third kappa shape index (κ3) is 3.11. The number of hydrogen-bond donors (Lipinski definition) is 1. The first kappa shape index (κ1) is 14.5. The molecule has 0 spiro atoms. The van der Waals surface area contributed by atoms with Crippen molar-refractivity contribution in [2.24, 2.45) is 5.92 Å². The Morgan fingerprint density at radius 1 is 1.38 bits per heavy atom. The zero-order chi connectivity index (χ0) is 15.0. The van der Waals surface area contributed by atoms with E-state index in [1.54, 1.807) is 4.90 Å². The van der Waals surface area contributed by atoms with Crippen LogP contribution in [0.3, 0.4) is 0 Å². The third-order valence-electron chi connectivity index (χ3n) is 3.73. The van der Waals surface area contributed by atoms with E-state index in [0.29, 0.717) is 31.2 Å². The van der Waals surface area contributed by atoms with E-state index < -0.39 is 12.1 Å². The minimum Gasteiger partial charge on any atom is -0.383 e. The number of nitrogens with zero attached hydrogens (tertiary/aromatic N) is 3. The summed E-state index contributed by atoms with van der Waals surface area (Å²) in [6, 6.07) is 1.85. The quantitative estimate of drug-likeness (QED) is 0.925. The van der Waals surface area contributed by atoms with Gasteiger partial charge in [0, 0.05) is 6.54 Å². The third-order valence-corrected chi connectivity index (χ3v) is 4.54. The molecule has 1 unspecified atom stereocenters. The maximum absolute atomic E-state index is 12.8. The number of hydrogen-bond acceptors (Lipinski definition) is 5. The highest BCUT2D eigenvalue weighted by Crippen LogP contribution is 2.33. The van der Waals surface area contributed by atoms with Crippen LogP contribution in [0.2, 0.25) is 0 Å². The van der Waals surface area contributed by atoms with Crippen LogP contribution in [0, 0.1) is 5.92 Å². The summed E-state index contributed by atoms with van der Waals surface area (Å²) in [5.41, 5.74) is 5.86. The Kier molecular flexibility index (Phi) is 3.75. The van der Waals surface area contributed by atoms with E-state index in [1.165, 1.54) is 11.3 Å². The van der Waals surface area contributed by atoms with Crippen LogP contribution in [0.25, 0.3) is 10.2 Å². The first-order chi connectivity index (χ1) is 9.93. The zero-order valence-corrected chi connectivity index (χ0v) is 12.0. The molecule has 3 rings (SSSR count). The normalized spacial score (nSPS) is 21.0. The van der Waals surface area contributed by atoms with E-state index in [9.17, 15) is 13.2 Å². The van der Waals surface area contributed by atoms with Crippen LogP contribution in [0.1, 0.15) is 18.7 Å². The van der Waals surface area contributed by atoms with Crippen molar-refractivity contribution in [3.8, 4) is 0 Å². The maximum Gasteiger partial charge on any atom is 0.393 e. The SMILES string of the molecule is Nc1nc(CN2CCCC(C(F)(F)F)C2)nc2sccc12. The predicted octanol–water partition coefficient (Wildman–Crippen LogP) is 3.05. The zero-order valence-electron chi connectivity index (χ0n) is 11.2. The Hall–Kier alpha value is -1.41. The molecule has 0 saturated carbocycles. The largest absolute Gasteiger partial charge is 0.393 e. The summed E-state index contributed by atoms with van der Waals surface area (Å²) in [6.07, 6.45) is -3.38. The molecule has 0 aromatic carbocycles. The van der Waals surface area contributed by atoms with Crippen molar-refractivity contribution in [3.63, 3.8) is 0 Å². The molecule has 2 aromatic rings. The minimum absolute atomic E-state index is 0.00917. The number of aromatic nitrogens is 2. The van der Waals surface area contributed by atoms with Crippen molar-refractivity contribution in [3.05, 3.63) is 17.3 Å². The summed E-state index contributed by atoms with van der Waals surface area (Å²) in [4.78, 5) is 11.1. The lowest BCUT2D eigenvalue weighted by Gasteiger charge is -2.33. The maximum atomic E-state index is 12.8. The summed E-state index contributed by atoms with van der Waals surface area (Å²) >= 11 is 1.45. The first-order valence-electron chi connectivity index (χ1n) is 6.72. The van der Waals surface area contributed by atoms with Crippen LogP contribution in [0.15, 0.2) is 11.4 Å². The highest BCUT2D eigenvalue weighted by atomic mass is 32.1. The molecular weight excluding hydrogens is 301 g/mol. The van der Waals surface area contributed by atoms with Crippen LogP contribution >= 0.6 is 11.3 Å². The van der Waals surface area contributed by atoms with Gasteiger partial charge >= 0.3 is 6.18 Å². The monoisotopic (exact) mass is 316 g/mol. The van der Waals surface area contributed by atoms with Gasteiger partial charge in [-0.1, -0.05) is 0 Å². The lowest BCUT2D eigenvalue weighted by atomic mass is 9.97. The number of thiophene rings is 1. The van der Waals surface area contributed by atoms with E-state index in [2.05, 4.69) is 9.97 Å². The standard InChI is InChI=1S/C13H15F3N4S/c14-13(15,16)8-2-1-4-20(6-8)7-10-18-11(17)9-3-5-21-12(9)19-10/h3,5,8H,1-2,4,6-7H2,(H2,17,18,19). The van der Waals surface area contributed by atoms with Crippen molar-refractivity contribution in [2.75, 3.05) is 18.8 Å². The van der Waals surface area contributed by atoms with Gasteiger partial charge in [-0.15, -0.1) is 11.3 Å². The molecule has 1 aliphatic rings. The second-order valence-electron chi connectivity index (χ2n) is 5.28. The molecule has 3 heterocycles. The molecule has 8 heteroatoms. The van der Waals surface area contributed by atoms with Crippen LogP contribution < -0.4 is 5.73 Å². The summed E-state index contributed by atoms with van der Waals surface area (Å²) in [5, 5.41) is 2.68. The van der Waals surface area contributed by atoms with Gasteiger partial charge in [0.05, 0.1) is 17.8 Å². The second kappa shape index (κ2) is 5.42. The van der Waals surface area contributed by atoms with Gasteiger partial charge in [-0.3, -0.25) is 4.90 Å². The molecule has 0 radical (unpaired) electrons. The number of nitrogens with two attached hydrogens (primary N) is 1. The fourth-order valence-electron chi connectivity index (χ4n) is 2.66. The van der Waals surface area contributed by atoms with Gasteiger partial charge in [-0.2, -0.15) is 13.2 Å². The van der Waals surface area contributed by atoms with Crippen LogP contribution in [0.4, 0.5) is 19.0 Å². The average Bonchev–Trinajstić information content (AvgIpc) is 2.87. The molecule has 0 aliphatic carbocycles. The summed E-state index contributed by atoms with van der Waals surface area (Å²) in [6.45, 7) is 0.957. The summed E-state index contributed by atoms with van der Waals surface area (Å²) in [7, 11) is 0. The topological polar surface area (TPSA) is 55.0 Å². The summed E-state index contributed by atoms with van der Waals surface area (Å²) < 4.78 is 38.4. The number of piperidine rings is 1. The molecule has 0 amide bonds. The van der Waals surface area contributed by atoms with E-state index in [1.807, 2.05) is 11.4 Å². The smallest absolute Gasteiger partial charge is 0.383 e. The number of alkyl halides is 3. The number of fused-ring (bicyclic) bond motifs is 1. The Labute approximate surface area is 123 Å². The van der Waals surface area contributed by atoms with Gasteiger partial charge < -0.3 is 5.73 Å². The Morgan fingerprint density at radius 3 is 2.95 bits per heavy atom. The Morgan fingerprint density at radius 2 is 2.19 bits per heavy atom. The fraction of sp³-hybridized carbons (Fsp3) is 0.538. The van der Waals surface area contributed by atoms with Crippen molar-refractivity contribution >= 4 is 27.4 Å². The molecule has 114 valence electrons. The van der Waals surface area contributed by atoms with Crippen molar-refractivity contribution in [1.29, 1.82) is 0 Å². The van der Waals surface area contributed by atoms with Gasteiger partial charge in [-0.05, 0) is 30.8 Å². The molecule has 0 bridgehead atoms. The number of rotatable bonds is 2. The molecule has 21 heavy (non-hydrogen) atoms. The minimum atomic E-state index is -4.13. The van der Waals surface area contributed by atoms with Crippen LogP contribution in [-0.2, 0) is 6.54 Å². The van der Waals surface area contributed by atoms with Crippen molar-refractivity contribution < 1.29 is 13.2 Å². The molecule has 4 nitrogen and oxygen atoms in total. The second-order valence-corrected chi connectivity index (χ2v) is 6.17. The van der Waals surface area contributed by atoms with E-state index in [4.69, 9.17) is 5.73 Å². The highest BCUT2D eigenvalue weighted by molar-refractivity contribution is 7.16. The molecular formula is C13H15F3N4S. The van der Waals surface area contributed by atoms with Gasteiger partial charge in [0.1, 0.15) is 16.5 Å². The molecule has 1 fully saturated rings. The van der Waals surface area contributed by atoms with Crippen molar-refractivity contribution in [1.82, 2.24) is 14.9 Å². The number of halogens is 3. The number of likely N-dealkylation sites (tertiary alicyclic amines) is 1. The molecule has 2 aromatic heterocycles. The van der Waals surface area contributed by atoms with Gasteiger partial charge in [0.15, 0.2) is 0 Å². The van der Waals surface area contributed by atoms with Gasteiger partial charge in [0.2, 0.25) is 0 Å². The molecule has 1 atom stereocenters. The molecule has 1 aliphatic heterocycles. The van der Waals surface area contributed by atoms with Crippen LogP contribution in [-0.4, -0.2) is 34.1 Å². The van der Waals surface area contributed by atoms with Gasteiger partial charge in [0.25, 0.3) is 0 Å². The fourth-order valence-corrected chi connectivity index (χ4v) is 3.45. The lowest BCUT2D eigenvalue weighted by molar-refractivity contribution is -0.187. The molecule has 2 N–H and O–H groups in total. The van der Waals surface area contributed by atoms with E-state index in [-0.39, 0.29) is 13.0 Å². The Bertz CT molecular complexity index is 640. The number of nitrogen functional groups attached to an aromatic ring is 1. The van der Waals surface area contributed by atoms with Crippen molar-refractivity contribution in [2.45, 2.75) is 25.6 Å². The van der Waals surface area contributed by atoms with Crippen LogP contribution in [0.5, 0.6) is 0 Å². The van der Waals surface area contributed by atoms with E-state index in [0.717, 1.165) is 10.2 Å². The van der Waals surface area contributed by atoms with Gasteiger partial charge in [-0.25, -0.2) is 9.97 Å². The predicted molar refractivity (Wildman–Crippen MR) is 75.9 cm³/mol. The first-order valence-corrected chi connectivity index (χ1v) is 7.60.